The lowest BCUT2D eigenvalue weighted by molar-refractivity contribution is 0.0692. The second-order valence-corrected chi connectivity index (χ2v) is 10.1. The van der Waals surface area contributed by atoms with Crippen molar-refractivity contribution in [2.24, 2.45) is 0 Å². The summed E-state index contributed by atoms with van der Waals surface area (Å²) in [5, 5.41) is 9.89. The van der Waals surface area contributed by atoms with Gasteiger partial charge in [-0.2, -0.15) is 0 Å². The Morgan fingerprint density at radius 2 is 1.94 bits per heavy atom. The number of nitrogens with zero attached hydrogens (tertiary/aromatic N) is 1. The first-order valence-electron chi connectivity index (χ1n) is 11.1. The van der Waals surface area contributed by atoms with Crippen LogP contribution in [0.4, 0.5) is 10.1 Å². The van der Waals surface area contributed by atoms with Crippen LogP contribution in [-0.2, 0) is 16.6 Å². The van der Waals surface area contributed by atoms with E-state index in [-0.39, 0.29) is 34.1 Å². The molecule has 0 amide bonds. The normalized spacial score (nSPS) is 15.6. The minimum atomic E-state index is -4.26. The van der Waals surface area contributed by atoms with Crippen LogP contribution in [0, 0.1) is 5.82 Å². The van der Waals surface area contributed by atoms with E-state index in [0.717, 1.165) is 38.1 Å². The van der Waals surface area contributed by atoms with Crippen molar-refractivity contribution in [3.63, 3.8) is 0 Å². The molecule has 3 aromatic rings. The molecule has 0 atom stereocenters. The summed E-state index contributed by atoms with van der Waals surface area (Å²) in [6, 6.07) is 8.02. The number of sulfonamides is 1. The van der Waals surface area contributed by atoms with Gasteiger partial charge in [-0.25, -0.2) is 17.6 Å². The summed E-state index contributed by atoms with van der Waals surface area (Å²) >= 11 is 0. The number of carboxylic acids is 1. The highest BCUT2D eigenvalue weighted by Crippen LogP contribution is 2.43. The van der Waals surface area contributed by atoms with E-state index in [0.29, 0.717) is 23.4 Å². The number of halogens is 1. The largest absolute Gasteiger partial charge is 0.484 e. The molecule has 2 aromatic carbocycles. The van der Waals surface area contributed by atoms with Crippen molar-refractivity contribution in [1.82, 2.24) is 4.90 Å². The number of likely N-dealkylation sites (tertiary alicyclic amines) is 1. The molecule has 0 bridgehead atoms. The lowest BCUT2D eigenvalue weighted by atomic mass is 9.98. The van der Waals surface area contributed by atoms with Crippen molar-refractivity contribution in [3.05, 3.63) is 71.4 Å². The Kier molecular flexibility index (Phi) is 6.08. The minimum absolute atomic E-state index is 0.0236. The maximum Gasteiger partial charge on any atom is 0.341 e. The third-order valence-electron chi connectivity index (χ3n) is 6.12. The van der Waals surface area contributed by atoms with Crippen LogP contribution >= 0.6 is 0 Å². The molecule has 0 aliphatic carbocycles. The molecule has 2 aliphatic rings. The highest BCUT2D eigenvalue weighted by Gasteiger charge is 2.30. The summed E-state index contributed by atoms with van der Waals surface area (Å²) in [5.41, 5.74) is 0.885. The highest BCUT2D eigenvalue weighted by atomic mass is 32.2. The van der Waals surface area contributed by atoms with Crippen LogP contribution in [0.2, 0.25) is 0 Å². The van der Waals surface area contributed by atoms with Gasteiger partial charge in [0.05, 0.1) is 16.8 Å². The number of fused-ring (bicyclic) bond motifs is 3. The molecular weight excluding hydrogens is 475 g/mol. The van der Waals surface area contributed by atoms with Gasteiger partial charge in [0.15, 0.2) is 0 Å². The first kappa shape index (κ1) is 23.1. The zero-order valence-corrected chi connectivity index (χ0v) is 19.5. The molecule has 3 heterocycles. The van der Waals surface area contributed by atoms with Crippen LogP contribution in [0.3, 0.4) is 0 Å². The van der Waals surface area contributed by atoms with Gasteiger partial charge in [-0.1, -0.05) is 12.2 Å². The van der Waals surface area contributed by atoms with Gasteiger partial charge in [-0.05, 0) is 67.9 Å². The second-order valence-electron chi connectivity index (χ2n) is 8.41. The summed E-state index contributed by atoms with van der Waals surface area (Å²) in [6.45, 7) is 2.60. The lowest BCUT2D eigenvalue weighted by Crippen LogP contribution is -2.19. The zero-order valence-electron chi connectivity index (χ0n) is 18.7. The monoisotopic (exact) mass is 498 g/mol. The van der Waals surface area contributed by atoms with Crippen LogP contribution in [0.15, 0.2) is 58.1 Å². The average Bonchev–Trinajstić information content (AvgIpc) is 3.50. The van der Waals surface area contributed by atoms with Gasteiger partial charge in [0.2, 0.25) is 0 Å². The number of ether oxygens (including phenoxy) is 1. The Morgan fingerprint density at radius 3 is 2.71 bits per heavy atom. The van der Waals surface area contributed by atoms with Crippen molar-refractivity contribution in [3.8, 4) is 16.9 Å². The summed E-state index contributed by atoms with van der Waals surface area (Å²) in [7, 11) is -4.26. The standard InChI is InChI=1S/C25H23FN2O6S/c26-17-5-8-22(16(14-17)4-3-12-28-10-1-2-11-28)35(31,32)27-20-7-6-19-18-9-13-33-21(18)15-34-24(19)23(20)25(29)30/h3-9,13-14,27H,1-2,10-12,15H2,(H,29,30). The quantitative estimate of drug-likeness (QED) is 0.491. The molecule has 0 saturated carbocycles. The van der Waals surface area contributed by atoms with Crippen LogP contribution in [0.1, 0.15) is 34.5 Å². The molecule has 2 aliphatic heterocycles. The van der Waals surface area contributed by atoms with Gasteiger partial charge < -0.3 is 14.3 Å². The second kappa shape index (κ2) is 9.20. The van der Waals surface area contributed by atoms with Gasteiger partial charge in [-0.3, -0.25) is 9.62 Å². The van der Waals surface area contributed by atoms with Gasteiger partial charge >= 0.3 is 5.97 Å². The number of rotatable bonds is 7. The topological polar surface area (TPSA) is 109 Å². The molecule has 2 N–H and O–H groups in total. The molecule has 0 radical (unpaired) electrons. The number of aromatic carboxylic acids is 1. The van der Waals surface area contributed by atoms with E-state index >= 15 is 0 Å². The third kappa shape index (κ3) is 4.54. The van der Waals surface area contributed by atoms with Gasteiger partial charge in [-0.15, -0.1) is 0 Å². The van der Waals surface area contributed by atoms with Crippen molar-refractivity contribution >= 4 is 27.8 Å². The highest BCUT2D eigenvalue weighted by molar-refractivity contribution is 7.92. The Hall–Kier alpha value is -3.63. The van der Waals surface area contributed by atoms with Gasteiger partial charge in [0.25, 0.3) is 10.0 Å². The molecule has 1 aromatic heterocycles. The Balaban J connectivity index is 1.49. The zero-order chi connectivity index (χ0) is 24.6. The van der Waals surface area contributed by atoms with E-state index in [9.17, 15) is 22.7 Å². The predicted octanol–water partition coefficient (Wildman–Crippen LogP) is 4.59. The smallest absolute Gasteiger partial charge is 0.341 e. The average molecular weight is 499 g/mol. The molecule has 10 heteroatoms. The van der Waals surface area contributed by atoms with E-state index < -0.39 is 21.8 Å². The van der Waals surface area contributed by atoms with Crippen molar-refractivity contribution in [1.29, 1.82) is 0 Å². The fraction of sp³-hybridized carbons (Fsp3) is 0.240. The minimum Gasteiger partial charge on any atom is -0.484 e. The summed E-state index contributed by atoms with van der Waals surface area (Å²) in [4.78, 5) is 14.2. The SMILES string of the molecule is O=C(O)c1c(NS(=O)(=O)c2ccc(F)cc2C=CCN2CCCC2)ccc2c1OCc1occc1-2. The molecule has 0 spiro atoms. The Bertz CT molecular complexity index is 1420. The number of carboxylic acid groups (broad SMARTS) is 1. The maximum atomic E-state index is 14.0. The molecule has 8 nitrogen and oxygen atoms in total. The Morgan fingerprint density at radius 1 is 1.14 bits per heavy atom. The van der Waals surface area contributed by atoms with E-state index in [2.05, 4.69) is 9.62 Å². The molecular formula is C25H23FN2O6S. The van der Waals surface area contributed by atoms with E-state index in [4.69, 9.17) is 9.15 Å². The molecule has 35 heavy (non-hydrogen) atoms. The number of furan rings is 1. The van der Waals surface area contributed by atoms with Crippen LogP contribution in [0.5, 0.6) is 5.75 Å². The van der Waals surface area contributed by atoms with Crippen LogP contribution in [0.25, 0.3) is 17.2 Å². The molecule has 1 saturated heterocycles. The van der Waals surface area contributed by atoms with Crippen LogP contribution < -0.4 is 9.46 Å². The van der Waals surface area contributed by atoms with Crippen molar-refractivity contribution < 1.29 is 31.9 Å². The fourth-order valence-corrected chi connectivity index (χ4v) is 5.71. The summed E-state index contributed by atoms with van der Waals surface area (Å²) in [5.74, 6) is -1.32. The first-order valence-corrected chi connectivity index (χ1v) is 12.6. The lowest BCUT2D eigenvalue weighted by Gasteiger charge is -2.21. The summed E-state index contributed by atoms with van der Waals surface area (Å²) in [6.07, 6.45) is 7.10. The van der Waals surface area contributed by atoms with Crippen LogP contribution in [-0.4, -0.2) is 44.0 Å². The van der Waals surface area contributed by atoms with Crippen molar-refractivity contribution in [2.45, 2.75) is 24.3 Å². The maximum absolute atomic E-state index is 14.0. The summed E-state index contributed by atoms with van der Waals surface area (Å²) < 4.78 is 54.0. The van der Waals surface area contributed by atoms with Gasteiger partial charge in [0.1, 0.15) is 29.5 Å². The number of benzene rings is 2. The predicted molar refractivity (Wildman–Crippen MR) is 127 cm³/mol. The van der Waals surface area contributed by atoms with E-state index in [1.807, 2.05) is 0 Å². The number of hydrogen-bond acceptors (Lipinski definition) is 6. The number of hydrogen-bond donors (Lipinski definition) is 2. The molecule has 1 fully saturated rings. The van der Waals surface area contributed by atoms with E-state index in [1.54, 1.807) is 24.3 Å². The fourth-order valence-electron chi connectivity index (χ4n) is 4.46. The first-order chi connectivity index (χ1) is 16.8. The Labute approximate surface area is 201 Å². The molecule has 0 unspecified atom stereocenters. The molecule has 5 rings (SSSR count). The number of nitrogens with one attached hydrogen (secondary N) is 1. The van der Waals surface area contributed by atoms with Crippen molar-refractivity contribution in [2.75, 3.05) is 24.4 Å². The number of carbonyl (C=O) groups is 1. The third-order valence-corrected chi connectivity index (χ3v) is 7.56. The number of anilines is 1. The molecule has 182 valence electrons. The van der Waals surface area contributed by atoms with Gasteiger partial charge in [0, 0.05) is 17.7 Å². The van der Waals surface area contributed by atoms with E-state index in [1.165, 1.54) is 18.4 Å².